The van der Waals surface area contributed by atoms with Crippen molar-refractivity contribution in [2.75, 3.05) is 6.54 Å². The lowest BCUT2D eigenvalue weighted by molar-refractivity contribution is 0.461. The lowest BCUT2D eigenvalue weighted by Gasteiger charge is -2.14. The second kappa shape index (κ2) is 7.36. The number of hydrogen-bond donors (Lipinski definition) is 2. The first-order valence-electron chi connectivity index (χ1n) is 6.83. The molecule has 0 spiro atoms. The van der Waals surface area contributed by atoms with E-state index < -0.39 is 15.4 Å². The Kier molecular flexibility index (Phi) is 5.50. The van der Waals surface area contributed by atoms with Gasteiger partial charge in [-0.25, -0.2) is 0 Å². The van der Waals surface area contributed by atoms with Crippen LogP contribution in [-0.4, -0.2) is 19.5 Å². The summed E-state index contributed by atoms with van der Waals surface area (Å²) in [5, 5.41) is 2.31. The molecule has 0 aliphatic carbocycles. The van der Waals surface area contributed by atoms with Crippen LogP contribution in [0.4, 0.5) is 0 Å². The van der Waals surface area contributed by atoms with Crippen molar-refractivity contribution in [2.45, 2.75) is 18.2 Å². The van der Waals surface area contributed by atoms with Crippen LogP contribution in [0.25, 0.3) is 0 Å². The highest BCUT2D eigenvalue weighted by Gasteiger charge is 2.24. The van der Waals surface area contributed by atoms with E-state index in [1.54, 1.807) is 24.3 Å². The Balaban J connectivity index is 1.92. The molecule has 0 aromatic heterocycles. The van der Waals surface area contributed by atoms with Crippen molar-refractivity contribution in [3.63, 3.8) is 0 Å². The van der Waals surface area contributed by atoms with E-state index in [1.165, 1.54) is 0 Å². The van der Waals surface area contributed by atoms with Gasteiger partial charge >= 0.3 is 0 Å². The number of hydrogen-bond acceptors (Lipinski definition) is 3. The van der Waals surface area contributed by atoms with Crippen LogP contribution in [-0.2, 0) is 16.7 Å². The monoisotopic (exact) mass is 305 g/mol. The Labute approximate surface area is 125 Å². The molecule has 2 rings (SSSR count). The van der Waals surface area contributed by atoms with Gasteiger partial charge in [0.25, 0.3) is 10.1 Å². The maximum absolute atomic E-state index is 11.5. The molecule has 0 saturated carbocycles. The molecule has 1 atom stereocenters. The minimum absolute atomic E-state index is 0.329. The molecular formula is C16H19NO3S. The van der Waals surface area contributed by atoms with E-state index in [0.29, 0.717) is 25.1 Å². The summed E-state index contributed by atoms with van der Waals surface area (Å²) in [5.41, 5.74) is 1.75. The molecule has 112 valence electrons. The van der Waals surface area contributed by atoms with Crippen LogP contribution < -0.4 is 5.32 Å². The highest BCUT2D eigenvalue weighted by Crippen LogP contribution is 2.24. The van der Waals surface area contributed by atoms with Crippen molar-refractivity contribution in [1.29, 1.82) is 0 Å². The van der Waals surface area contributed by atoms with E-state index in [1.807, 2.05) is 36.4 Å². The van der Waals surface area contributed by atoms with E-state index in [2.05, 4.69) is 5.32 Å². The number of benzene rings is 2. The molecule has 0 radical (unpaired) electrons. The zero-order chi connectivity index (χ0) is 15.1. The van der Waals surface area contributed by atoms with Crippen LogP contribution in [0.1, 0.15) is 22.8 Å². The van der Waals surface area contributed by atoms with E-state index in [-0.39, 0.29) is 0 Å². The summed E-state index contributed by atoms with van der Waals surface area (Å²) in [6.07, 6.45) is 0.329. The fourth-order valence-corrected chi connectivity index (χ4v) is 3.13. The first kappa shape index (κ1) is 15.7. The van der Waals surface area contributed by atoms with Crippen LogP contribution in [0.2, 0.25) is 0 Å². The molecule has 21 heavy (non-hydrogen) atoms. The summed E-state index contributed by atoms with van der Waals surface area (Å²) in [6, 6.07) is 18.7. The van der Waals surface area contributed by atoms with Crippen molar-refractivity contribution in [2.24, 2.45) is 0 Å². The Bertz CT molecular complexity index is 642. The number of rotatable bonds is 7. The average Bonchev–Trinajstić information content (AvgIpc) is 2.48. The lowest BCUT2D eigenvalue weighted by atomic mass is 10.1. The van der Waals surface area contributed by atoms with Crippen LogP contribution in [0.3, 0.4) is 0 Å². The van der Waals surface area contributed by atoms with Gasteiger partial charge in [-0.3, -0.25) is 4.55 Å². The van der Waals surface area contributed by atoms with Gasteiger partial charge in [0.1, 0.15) is 5.25 Å². The van der Waals surface area contributed by atoms with Gasteiger partial charge in [-0.2, -0.15) is 8.42 Å². The van der Waals surface area contributed by atoms with Crippen molar-refractivity contribution in [3.05, 3.63) is 71.8 Å². The third-order valence-corrected chi connectivity index (χ3v) is 4.51. The van der Waals surface area contributed by atoms with Gasteiger partial charge in [-0.15, -0.1) is 0 Å². The lowest BCUT2D eigenvalue weighted by Crippen LogP contribution is -2.21. The van der Waals surface area contributed by atoms with Crippen LogP contribution >= 0.6 is 0 Å². The summed E-state index contributed by atoms with van der Waals surface area (Å²) >= 11 is 0. The molecule has 0 bridgehead atoms. The molecule has 5 heteroatoms. The quantitative estimate of drug-likeness (QED) is 0.610. The Morgan fingerprint density at radius 3 is 2.10 bits per heavy atom. The van der Waals surface area contributed by atoms with Crippen molar-refractivity contribution in [3.8, 4) is 0 Å². The normalized spacial score (nSPS) is 13.0. The molecule has 1 unspecified atom stereocenters. The fraction of sp³-hybridized carbons (Fsp3) is 0.250. The smallest absolute Gasteiger partial charge is 0.272 e. The van der Waals surface area contributed by atoms with E-state index >= 15 is 0 Å². The molecule has 4 nitrogen and oxygen atoms in total. The maximum Gasteiger partial charge on any atom is 0.272 e. The maximum atomic E-state index is 11.5. The predicted octanol–water partition coefficient (Wildman–Crippen LogP) is 2.80. The highest BCUT2D eigenvalue weighted by molar-refractivity contribution is 7.86. The summed E-state index contributed by atoms with van der Waals surface area (Å²) in [5.74, 6) is 0. The Morgan fingerprint density at radius 1 is 0.952 bits per heavy atom. The topological polar surface area (TPSA) is 66.4 Å². The molecule has 0 saturated heterocycles. The average molecular weight is 305 g/mol. The minimum Gasteiger partial charge on any atom is -0.313 e. The Morgan fingerprint density at radius 2 is 1.52 bits per heavy atom. The molecular weight excluding hydrogens is 286 g/mol. The third-order valence-electron chi connectivity index (χ3n) is 3.29. The second-order valence-electron chi connectivity index (χ2n) is 4.87. The van der Waals surface area contributed by atoms with Gasteiger partial charge in [0.05, 0.1) is 0 Å². The summed E-state index contributed by atoms with van der Waals surface area (Å²) in [7, 11) is -4.10. The van der Waals surface area contributed by atoms with E-state index in [4.69, 9.17) is 0 Å². The van der Waals surface area contributed by atoms with Gasteiger partial charge in [0, 0.05) is 6.54 Å². The summed E-state index contributed by atoms with van der Waals surface area (Å²) in [6.45, 7) is 1.18. The largest absolute Gasteiger partial charge is 0.313 e. The third kappa shape index (κ3) is 4.97. The van der Waals surface area contributed by atoms with Gasteiger partial charge in [0.2, 0.25) is 0 Å². The van der Waals surface area contributed by atoms with E-state index in [0.717, 1.165) is 5.56 Å². The van der Waals surface area contributed by atoms with Crippen molar-refractivity contribution in [1.82, 2.24) is 5.32 Å². The van der Waals surface area contributed by atoms with Crippen LogP contribution in [0.5, 0.6) is 0 Å². The predicted molar refractivity (Wildman–Crippen MR) is 83.5 cm³/mol. The van der Waals surface area contributed by atoms with Crippen molar-refractivity contribution >= 4 is 10.1 Å². The summed E-state index contributed by atoms with van der Waals surface area (Å²) < 4.78 is 32.4. The zero-order valence-corrected chi connectivity index (χ0v) is 12.5. The fourth-order valence-electron chi connectivity index (χ4n) is 2.22. The zero-order valence-electron chi connectivity index (χ0n) is 11.6. The molecule has 0 aliphatic heterocycles. The molecule has 0 aliphatic rings. The minimum atomic E-state index is -4.10. The van der Waals surface area contributed by atoms with Gasteiger partial charge in [-0.05, 0) is 24.1 Å². The van der Waals surface area contributed by atoms with Gasteiger partial charge in [-0.1, -0.05) is 60.7 Å². The van der Waals surface area contributed by atoms with Crippen LogP contribution in [0, 0.1) is 0 Å². The molecule has 2 aromatic rings. The van der Waals surface area contributed by atoms with Gasteiger partial charge in [0.15, 0.2) is 0 Å². The SMILES string of the molecule is O=S(=O)(O)C(CCNCc1ccccc1)c1ccccc1. The highest BCUT2D eigenvalue weighted by atomic mass is 32.2. The second-order valence-corrected chi connectivity index (χ2v) is 6.46. The Hall–Kier alpha value is -1.69. The molecule has 2 N–H and O–H groups in total. The first-order valence-corrected chi connectivity index (χ1v) is 8.33. The molecule has 0 fully saturated rings. The molecule has 2 aromatic carbocycles. The standard InChI is InChI=1S/C16H19NO3S/c18-21(19,20)16(15-9-5-2-6-10-15)11-12-17-13-14-7-3-1-4-8-14/h1-10,16-17H,11-13H2,(H,18,19,20). The van der Waals surface area contributed by atoms with E-state index in [9.17, 15) is 13.0 Å². The summed E-state index contributed by atoms with van der Waals surface area (Å²) in [4.78, 5) is 0. The molecule has 0 heterocycles. The number of nitrogens with one attached hydrogen (secondary N) is 1. The van der Waals surface area contributed by atoms with Gasteiger partial charge < -0.3 is 5.32 Å². The first-order chi connectivity index (χ1) is 10.1. The molecule has 0 amide bonds. The van der Waals surface area contributed by atoms with Crippen LogP contribution in [0.15, 0.2) is 60.7 Å². The van der Waals surface area contributed by atoms with Crippen molar-refractivity contribution < 1.29 is 13.0 Å².